The van der Waals surface area contributed by atoms with Crippen LogP contribution < -0.4 is 10.5 Å². The molecule has 0 aliphatic heterocycles. The number of hydrogen-bond donors (Lipinski definition) is 2. The molecule has 1 aromatic heterocycles. The minimum absolute atomic E-state index is 0.00439. The molecule has 1 atom stereocenters. The van der Waals surface area contributed by atoms with E-state index in [0.717, 1.165) is 18.7 Å². The van der Waals surface area contributed by atoms with Crippen LogP contribution in [0.15, 0.2) is 60.8 Å². The molecular weight excluding hydrogens is 300 g/mol. The smallest absolute Gasteiger partial charge is 0.119 e. The Morgan fingerprint density at radius 2 is 1.79 bits per heavy atom. The third-order valence-electron chi connectivity index (χ3n) is 4.14. The number of aryl methyl sites for hydroxylation is 1. The quantitative estimate of drug-likeness (QED) is 0.626. The van der Waals surface area contributed by atoms with E-state index in [1.807, 2.05) is 36.4 Å². The molecule has 3 N–H and O–H groups in total. The van der Waals surface area contributed by atoms with Gasteiger partial charge >= 0.3 is 0 Å². The lowest BCUT2D eigenvalue weighted by molar-refractivity contribution is 0.265. The van der Waals surface area contributed by atoms with E-state index < -0.39 is 0 Å². The number of aromatic nitrogens is 1. The summed E-state index contributed by atoms with van der Waals surface area (Å²) in [7, 11) is 0. The van der Waals surface area contributed by atoms with Crippen molar-refractivity contribution in [2.24, 2.45) is 5.73 Å². The summed E-state index contributed by atoms with van der Waals surface area (Å²) in [4.78, 5) is 0. The number of nitrogens with two attached hydrogens (primary N) is 1. The molecule has 3 rings (SSSR count). The predicted molar refractivity (Wildman–Crippen MR) is 97.3 cm³/mol. The van der Waals surface area contributed by atoms with Gasteiger partial charge in [-0.2, -0.15) is 0 Å². The van der Waals surface area contributed by atoms with E-state index in [0.29, 0.717) is 13.0 Å². The number of para-hydroxylation sites is 2. The Hall–Kier alpha value is -2.30. The largest absolute Gasteiger partial charge is 0.494 e. The first-order valence-corrected chi connectivity index (χ1v) is 8.39. The van der Waals surface area contributed by atoms with Crippen LogP contribution in [-0.4, -0.2) is 28.9 Å². The van der Waals surface area contributed by atoms with Gasteiger partial charge in [-0.25, -0.2) is 0 Å². The second kappa shape index (κ2) is 7.99. The second-order valence-corrected chi connectivity index (χ2v) is 6.03. The maximum Gasteiger partial charge on any atom is 0.119 e. The summed E-state index contributed by atoms with van der Waals surface area (Å²) in [6, 6.07) is 18.0. The second-order valence-electron chi connectivity index (χ2n) is 6.03. The van der Waals surface area contributed by atoms with Crippen molar-refractivity contribution in [1.82, 2.24) is 4.57 Å². The lowest BCUT2D eigenvalue weighted by Crippen LogP contribution is -2.26. The van der Waals surface area contributed by atoms with Gasteiger partial charge in [0, 0.05) is 29.7 Å². The van der Waals surface area contributed by atoms with Gasteiger partial charge in [-0.3, -0.25) is 0 Å². The van der Waals surface area contributed by atoms with Crippen molar-refractivity contribution in [3.05, 3.63) is 66.4 Å². The monoisotopic (exact) mass is 324 g/mol. The van der Waals surface area contributed by atoms with E-state index in [4.69, 9.17) is 10.5 Å². The lowest BCUT2D eigenvalue weighted by atomic mass is 10.1. The molecule has 0 bridgehead atoms. The molecule has 0 radical (unpaired) electrons. The number of nitrogens with zero attached hydrogens (tertiary/aromatic N) is 1. The summed E-state index contributed by atoms with van der Waals surface area (Å²) < 4.78 is 8.02. The summed E-state index contributed by atoms with van der Waals surface area (Å²) in [5.41, 5.74) is 8.31. The van der Waals surface area contributed by atoms with Crippen LogP contribution in [-0.2, 0) is 13.0 Å². The Morgan fingerprint density at radius 1 is 1.04 bits per heavy atom. The van der Waals surface area contributed by atoms with E-state index in [1.54, 1.807) is 0 Å². The fourth-order valence-corrected chi connectivity index (χ4v) is 2.96. The highest BCUT2D eigenvalue weighted by Crippen LogP contribution is 2.22. The predicted octanol–water partition coefficient (Wildman–Crippen LogP) is 2.97. The molecule has 0 spiro atoms. The van der Waals surface area contributed by atoms with Crippen molar-refractivity contribution in [2.45, 2.75) is 25.4 Å². The van der Waals surface area contributed by atoms with Crippen LogP contribution in [0.1, 0.15) is 12.0 Å². The first-order chi connectivity index (χ1) is 11.8. The zero-order valence-electron chi connectivity index (χ0n) is 13.8. The van der Waals surface area contributed by atoms with Crippen LogP contribution in [0.3, 0.4) is 0 Å². The molecule has 0 saturated carbocycles. The van der Waals surface area contributed by atoms with Crippen molar-refractivity contribution >= 4 is 10.9 Å². The van der Waals surface area contributed by atoms with Crippen LogP contribution in [0.4, 0.5) is 0 Å². The number of benzene rings is 2. The Bertz CT molecular complexity index is 768. The molecule has 3 aromatic rings. The van der Waals surface area contributed by atoms with Gasteiger partial charge in [0.15, 0.2) is 0 Å². The molecule has 1 heterocycles. The number of hydrogen-bond acceptors (Lipinski definition) is 3. The van der Waals surface area contributed by atoms with Gasteiger partial charge in [-0.15, -0.1) is 0 Å². The summed E-state index contributed by atoms with van der Waals surface area (Å²) in [6.07, 6.45) is 3.77. The average molecular weight is 324 g/mol. The van der Waals surface area contributed by atoms with E-state index in [-0.39, 0.29) is 12.6 Å². The van der Waals surface area contributed by atoms with E-state index in [9.17, 15) is 5.11 Å². The molecule has 126 valence electrons. The minimum Gasteiger partial charge on any atom is -0.494 e. The highest BCUT2D eigenvalue weighted by Gasteiger charge is 2.11. The zero-order chi connectivity index (χ0) is 16.8. The Balaban J connectivity index is 1.65. The molecule has 0 aliphatic carbocycles. The highest BCUT2D eigenvalue weighted by atomic mass is 16.5. The van der Waals surface area contributed by atoms with Crippen LogP contribution in [0, 0.1) is 0 Å². The maximum atomic E-state index is 9.21. The van der Waals surface area contributed by atoms with Gasteiger partial charge in [-0.1, -0.05) is 36.4 Å². The van der Waals surface area contributed by atoms with E-state index in [1.165, 1.54) is 16.5 Å². The van der Waals surface area contributed by atoms with Crippen LogP contribution >= 0.6 is 0 Å². The average Bonchev–Trinajstić information content (AvgIpc) is 2.97. The van der Waals surface area contributed by atoms with Crippen LogP contribution in [0.5, 0.6) is 5.75 Å². The number of rotatable bonds is 8. The minimum atomic E-state index is -0.217. The van der Waals surface area contributed by atoms with Gasteiger partial charge in [-0.05, 0) is 36.6 Å². The Morgan fingerprint density at radius 3 is 2.58 bits per heavy atom. The molecule has 0 aliphatic rings. The number of aliphatic hydroxyl groups is 1. The van der Waals surface area contributed by atoms with Crippen LogP contribution in [0.25, 0.3) is 10.9 Å². The number of fused-ring (bicyclic) bond motifs is 1. The molecule has 2 aromatic carbocycles. The van der Waals surface area contributed by atoms with Crippen LogP contribution in [0.2, 0.25) is 0 Å². The third-order valence-corrected chi connectivity index (χ3v) is 4.14. The van der Waals surface area contributed by atoms with E-state index >= 15 is 0 Å². The molecule has 4 nitrogen and oxygen atoms in total. The summed E-state index contributed by atoms with van der Waals surface area (Å²) in [6.45, 7) is 1.58. The van der Waals surface area contributed by atoms with Gasteiger partial charge in [0.2, 0.25) is 0 Å². The Kier molecular flexibility index (Phi) is 5.51. The first kappa shape index (κ1) is 16.6. The first-order valence-electron chi connectivity index (χ1n) is 8.39. The van der Waals surface area contributed by atoms with Gasteiger partial charge < -0.3 is 20.1 Å². The molecule has 24 heavy (non-hydrogen) atoms. The fourth-order valence-electron chi connectivity index (χ4n) is 2.96. The van der Waals surface area contributed by atoms with E-state index in [2.05, 4.69) is 29.0 Å². The molecule has 0 fully saturated rings. The SMILES string of the molecule is N[C@H](CO)Cc1cn(CCCOc2ccccc2)c2ccccc12. The standard InChI is InChI=1S/C20H24N2O2/c21-17(15-23)13-16-14-22(20-10-5-4-9-19(16)20)11-6-12-24-18-7-2-1-3-8-18/h1-5,7-10,14,17,23H,6,11-13,15,21H2/t17-/m0/s1. The summed E-state index contributed by atoms with van der Waals surface area (Å²) in [5.74, 6) is 0.907. The van der Waals surface area contributed by atoms with Gasteiger partial charge in [0.25, 0.3) is 0 Å². The summed E-state index contributed by atoms with van der Waals surface area (Å²) >= 11 is 0. The molecular formula is C20H24N2O2. The molecule has 0 amide bonds. The topological polar surface area (TPSA) is 60.4 Å². The maximum absolute atomic E-state index is 9.21. The lowest BCUT2D eigenvalue weighted by Gasteiger charge is -2.08. The third kappa shape index (κ3) is 3.96. The number of ether oxygens (including phenoxy) is 1. The van der Waals surface area contributed by atoms with Crippen molar-refractivity contribution < 1.29 is 9.84 Å². The summed E-state index contributed by atoms with van der Waals surface area (Å²) in [5, 5.41) is 10.4. The zero-order valence-corrected chi connectivity index (χ0v) is 13.8. The Labute approximate surface area is 142 Å². The van der Waals surface area contributed by atoms with Gasteiger partial charge in [0.05, 0.1) is 13.2 Å². The normalized spacial score (nSPS) is 12.4. The van der Waals surface area contributed by atoms with Crippen molar-refractivity contribution in [3.63, 3.8) is 0 Å². The van der Waals surface area contributed by atoms with Crippen molar-refractivity contribution in [2.75, 3.05) is 13.2 Å². The number of aliphatic hydroxyl groups excluding tert-OH is 1. The molecule has 4 heteroatoms. The van der Waals surface area contributed by atoms with Crippen molar-refractivity contribution in [3.8, 4) is 5.75 Å². The van der Waals surface area contributed by atoms with Crippen molar-refractivity contribution in [1.29, 1.82) is 0 Å². The van der Waals surface area contributed by atoms with Gasteiger partial charge in [0.1, 0.15) is 5.75 Å². The molecule has 0 saturated heterocycles. The molecule has 0 unspecified atom stereocenters. The highest BCUT2D eigenvalue weighted by molar-refractivity contribution is 5.84. The fraction of sp³-hybridized carbons (Fsp3) is 0.300.